The fourth-order valence-electron chi connectivity index (χ4n) is 2.26. The maximum Gasteiger partial charge on any atom is 0.237 e. The summed E-state index contributed by atoms with van der Waals surface area (Å²) < 4.78 is 0. The summed E-state index contributed by atoms with van der Waals surface area (Å²) in [5.74, 6) is -0.200. The van der Waals surface area contributed by atoms with Crippen LogP contribution in [0.25, 0.3) is 0 Å². The number of anilines is 1. The number of rotatable bonds is 5. The molecule has 1 aromatic rings. The summed E-state index contributed by atoms with van der Waals surface area (Å²) in [6.07, 6.45) is 2.10. The fraction of sp³-hybridized carbons (Fsp3) is 0.467. The van der Waals surface area contributed by atoms with Crippen molar-refractivity contribution in [2.75, 3.05) is 18.4 Å². The standard InChI is InChI=1S/C15H20ClN3O2.ClH/c1-10-4-5-12(11(16)9-10)19-14(20)6-8-18-15(21)13-3-2-7-17-13;/h4-5,9,13,17H,2-3,6-8H2,1H3,(H,18,21)(H,19,20);1H. The minimum atomic E-state index is -0.166. The summed E-state index contributed by atoms with van der Waals surface area (Å²) in [7, 11) is 0. The van der Waals surface area contributed by atoms with Crippen molar-refractivity contribution in [1.29, 1.82) is 0 Å². The molecule has 1 atom stereocenters. The summed E-state index contributed by atoms with van der Waals surface area (Å²) >= 11 is 6.05. The summed E-state index contributed by atoms with van der Waals surface area (Å²) in [5.41, 5.74) is 1.63. The highest BCUT2D eigenvalue weighted by Gasteiger charge is 2.21. The van der Waals surface area contributed by atoms with Crippen LogP contribution in [0.1, 0.15) is 24.8 Å². The van der Waals surface area contributed by atoms with Gasteiger partial charge in [-0.25, -0.2) is 0 Å². The molecule has 7 heteroatoms. The number of hydrogen-bond donors (Lipinski definition) is 3. The van der Waals surface area contributed by atoms with Crippen LogP contribution in [0, 0.1) is 6.92 Å². The van der Waals surface area contributed by atoms with Gasteiger partial charge in [-0.15, -0.1) is 12.4 Å². The van der Waals surface area contributed by atoms with E-state index >= 15 is 0 Å². The predicted octanol–water partition coefficient (Wildman–Crippen LogP) is 2.27. The molecule has 0 radical (unpaired) electrons. The Morgan fingerprint density at radius 1 is 1.41 bits per heavy atom. The van der Waals surface area contributed by atoms with Gasteiger partial charge in [-0.1, -0.05) is 17.7 Å². The van der Waals surface area contributed by atoms with Crippen LogP contribution in [0.5, 0.6) is 0 Å². The Kier molecular flexibility index (Phi) is 7.65. The lowest BCUT2D eigenvalue weighted by molar-refractivity contribution is -0.122. The van der Waals surface area contributed by atoms with Gasteiger partial charge in [0.2, 0.25) is 11.8 Å². The second kappa shape index (κ2) is 8.98. The second-order valence-corrected chi connectivity index (χ2v) is 5.63. The maximum absolute atomic E-state index is 11.8. The largest absolute Gasteiger partial charge is 0.354 e. The molecule has 0 saturated carbocycles. The third-order valence-electron chi connectivity index (χ3n) is 3.43. The van der Waals surface area contributed by atoms with Crippen LogP contribution < -0.4 is 16.0 Å². The molecule has 3 N–H and O–H groups in total. The number of amides is 2. The van der Waals surface area contributed by atoms with E-state index in [2.05, 4.69) is 16.0 Å². The Bertz CT molecular complexity index is 532. The Morgan fingerprint density at radius 3 is 2.82 bits per heavy atom. The van der Waals surface area contributed by atoms with Crippen molar-refractivity contribution in [2.24, 2.45) is 0 Å². The van der Waals surface area contributed by atoms with Crippen molar-refractivity contribution >= 4 is 41.5 Å². The van der Waals surface area contributed by atoms with Crippen molar-refractivity contribution in [3.63, 3.8) is 0 Å². The second-order valence-electron chi connectivity index (χ2n) is 5.22. The maximum atomic E-state index is 11.8. The number of benzene rings is 1. The van der Waals surface area contributed by atoms with Gasteiger partial charge in [-0.05, 0) is 44.0 Å². The minimum Gasteiger partial charge on any atom is -0.354 e. The number of aryl methyl sites for hydroxylation is 1. The van der Waals surface area contributed by atoms with Gasteiger partial charge in [0.1, 0.15) is 0 Å². The molecular weight excluding hydrogens is 325 g/mol. The molecule has 5 nitrogen and oxygen atoms in total. The van der Waals surface area contributed by atoms with E-state index in [-0.39, 0.29) is 36.7 Å². The lowest BCUT2D eigenvalue weighted by Crippen LogP contribution is -2.41. The molecule has 1 heterocycles. The molecule has 1 unspecified atom stereocenters. The first kappa shape index (κ1) is 18.7. The summed E-state index contributed by atoms with van der Waals surface area (Å²) in [4.78, 5) is 23.6. The van der Waals surface area contributed by atoms with Crippen molar-refractivity contribution in [3.05, 3.63) is 28.8 Å². The first-order chi connectivity index (χ1) is 10.1. The first-order valence-corrected chi connectivity index (χ1v) is 7.51. The SMILES string of the molecule is Cc1ccc(NC(=O)CCNC(=O)C2CCCN2)c(Cl)c1.Cl. The highest BCUT2D eigenvalue weighted by Crippen LogP contribution is 2.22. The molecule has 0 aliphatic carbocycles. The van der Waals surface area contributed by atoms with Crippen molar-refractivity contribution in [1.82, 2.24) is 10.6 Å². The van der Waals surface area contributed by atoms with Gasteiger partial charge in [0, 0.05) is 13.0 Å². The predicted molar refractivity (Wildman–Crippen MR) is 90.7 cm³/mol. The average molecular weight is 346 g/mol. The smallest absolute Gasteiger partial charge is 0.237 e. The minimum absolute atomic E-state index is 0. The van der Waals surface area contributed by atoms with Crippen LogP contribution in [0.2, 0.25) is 5.02 Å². The Balaban J connectivity index is 0.00000242. The molecule has 0 spiro atoms. The normalized spacial score (nSPS) is 16.7. The Morgan fingerprint density at radius 2 is 2.18 bits per heavy atom. The molecule has 0 aromatic heterocycles. The molecule has 1 aliphatic heterocycles. The van der Waals surface area contributed by atoms with E-state index in [1.165, 1.54) is 0 Å². The van der Waals surface area contributed by atoms with E-state index in [9.17, 15) is 9.59 Å². The van der Waals surface area contributed by atoms with Gasteiger partial charge in [0.25, 0.3) is 0 Å². The number of halogens is 2. The van der Waals surface area contributed by atoms with Gasteiger partial charge in [-0.3, -0.25) is 9.59 Å². The topological polar surface area (TPSA) is 70.2 Å². The summed E-state index contributed by atoms with van der Waals surface area (Å²) in [6.45, 7) is 3.14. The van der Waals surface area contributed by atoms with Crippen LogP contribution >= 0.6 is 24.0 Å². The van der Waals surface area contributed by atoms with E-state index < -0.39 is 0 Å². The van der Waals surface area contributed by atoms with Crippen molar-refractivity contribution < 1.29 is 9.59 Å². The Hall–Kier alpha value is -1.30. The molecule has 1 aliphatic rings. The molecule has 22 heavy (non-hydrogen) atoms. The molecule has 122 valence electrons. The van der Waals surface area contributed by atoms with Crippen LogP contribution in [-0.4, -0.2) is 30.9 Å². The highest BCUT2D eigenvalue weighted by molar-refractivity contribution is 6.33. The third-order valence-corrected chi connectivity index (χ3v) is 3.74. The molecule has 1 aromatic carbocycles. The van der Waals surface area contributed by atoms with Gasteiger partial charge in [-0.2, -0.15) is 0 Å². The number of carbonyl (C=O) groups is 2. The zero-order chi connectivity index (χ0) is 15.2. The molecule has 1 fully saturated rings. The van der Waals surface area contributed by atoms with E-state index in [4.69, 9.17) is 11.6 Å². The molecular formula is C15H21Cl2N3O2. The fourth-order valence-corrected chi connectivity index (χ4v) is 2.55. The summed E-state index contributed by atoms with van der Waals surface area (Å²) in [6, 6.07) is 5.34. The van der Waals surface area contributed by atoms with Crippen molar-refractivity contribution in [2.45, 2.75) is 32.2 Å². The van der Waals surface area contributed by atoms with E-state index in [1.54, 1.807) is 12.1 Å². The molecule has 1 saturated heterocycles. The molecule has 2 amide bonds. The van der Waals surface area contributed by atoms with Crippen LogP contribution in [0.3, 0.4) is 0 Å². The molecule has 0 bridgehead atoms. The summed E-state index contributed by atoms with van der Waals surface area (Å²) in [5, 5.41) is 9.15. The van der Waals surface area contributed by atoms with Crippen LogP contribution in [0.15, 0.2) is 18.2 Å². The highest BCUT2D eigenvalue weighted by atomic mass is 35.5. The zero-order valence-electron chi connectivity index (χ0n) is 12.4. The lowest BCUT2D eigenvalue weighted by atomic mass is 10.2. The van der Waals surface area contributed by atoms with Gasteiger partial charge < -0.3 is 16.0 Å². The van der Waals surface area contributed by atoms with Crippen LogP contribution in [-0.2, 0) is 9.59 Å². The van der Waals surface area contributed by atoms with Gasteiger partial charge in [0.15, 0.2) is 0 Å². The van der Waals surface area contributed by atoms with E-state index in [0.717, 1.165) is 24.9 Å². The number of carbonyl (C=O) groups excluding carboxylic acids is 2. The lowest BCUT2D eigenvalue weighted by Gasteiger charge is -2.11. The average Bonchev–Trinajstić information content (AvgIpc) is 2.96. The van der Waals surface area contributed by atoms with Crippen molar-refractivity contribution in [3.8, 4) is 0 Å². The number of nitrogens with one attached hydrogen (secondary N) is 3. The third kappa shape index (κ3) is 5.48. The zero-order valence-corrected chi connectivity index (χ0v) is 14.0. The van der Waals surface area contributed by atoms with E-state index in [0.29, 0.717) is 17.3 Å². The first-order valence-electron chi connectivity index (χ1n) is 7.13. The monoisotopic (exact) mass is 345 g/mol. The van der Waals surface area contributed by atoms with Gasteiger partial charge in [0.05, 0.1) is 16.8 Å². The van der Waals surface area contributed by atoms with Crippen LogP contribution in [0.4, 0.5) is 5.69 Å². The van der Waals surface area contributed by atoms with E-state index in [1.807, 2.05) is 13.0 Å². The molecule has 2 rings (SSSR count). The quantitative estimate of drug-likeness (QED) is 0.766. The number of hydrogen-bond acceptors (Lipinski definition) is 3. The Labute approximate surface area is 141 Å². The van der Waals surface area contributed by atoms with Gasteiger partial charge >= 0.3 is 0 Å².